The Bertz CT molecular complexity index is 556. The molecule has 112 valence electrons. The first-order valence-electron chi connectivity index (χ1n) is 7.10. The molecule has 1 aliphatic carbocycles. The Morgan fingerprint density at radius 1 is 1.25 bits per heavy atom. The largest absolute Gasteiger partial charge is 0.392 e. The fourth-order valence-corrected chi connectivity index (χ4v) is 4.34. The average molecular weight is 297 g/mol. The van der Waals surface area contributed by atoms with Gasteiger partial charge in [-0.2, -0.15) is 0 Å². The quantitative estimate of drug-likeness (QED) is 0.874. The van der Waals surface area contributed by atoms with E-state index in [-0.39, 0.29) is 18.4 Å². The molecule has 1 aliphatic rings. The van der Waals surface area contributed by atoms with E-state index in [1.54, 1.807) is 24.3 Å². The number of nitrogens with one attached hydrogen (secondary N) is 1. The average Bonchev–Trinajstić information content (AvgIpc) is 2.70. The van der Waals surface area contributed by atoms with Crippen molar-refractivity contribution in [3.63, 3.8) is 0 Å². The normalized spacial score (nSPS) is 26.9. The summed E-state index contributed by atoms with van der Waals surface area (Å²) < 4.78 is 27.3. The molecule has 0 amide bonds. The number of aliphatic hydroxyl groups is 1. The predicted molar refractivity (Wildman–Crippen MR) is 79.5 cm³/mol. The molecule has 3 atom stereocenters. The Hall–Kier alpha value is -0.910. The van der Waals surface area contributed by atoms with E-state index in [2.05, 4.69) is 18.6 Å². The van der Waals surface area contributed by atoms with Gasteiger partial charge in [0.2, 0.25) is 10.0 Å². The van der Waals surface area contributed by atoms with Crippen LogP contribution in [0.4, 0.5) is 0 Å². The number of aliphatic hydroxyl groups excluding tert-OH is 1. The molecule has 1 aromatic rings. The van der Waals surface area contributed by atoms with E-state index in [1.807, 2.05) is 0 Å². The van der Waals surface area contributed by atoms with E-state index in [0.29, 0.717) is 17.4 Å². The minimum absolute atomic E-state index is 0.0293. The Balaban J connectivity index is 2.04. The molecule has 1 aromatic carbocycles. The van der Waals surface area contributed by atoms with Gasteiger partial charge in [-0.05, 0) is 35.8 Å². The van der Waals surface area contributed by atoms with Crippen LogP contribution in [0.3, 0.4) is 0 Å². The van der Waals surface area contributed by atoms with Gasteiger partial charge in [0, 0.05) is 6.04 Å². The third kappa shape index (κ3) is 3.81. The lowest BCUT2D eigenvalue weighted by Gasteiger charge is -2.19. The van der Waals surface area contributed by atoms with Crippen LogP contribution in [0.5, 0.6) is 0 Å². The first-order valence-corrected chi connectivity index (χ1v) is 8.75. The van der Waals surface area contributed by atoms with Gasteiger partial charge in [-0.25, -0.2) is 13.1 Å². The summed E-state index contributed by atoms with van der Waals surface area (Å²) in [6.45, 7) is 4.21. The maximum absolute atomic E-state index is 12.2. The fourth-order valence-electron chi connectivity index (χ4n) is 2.84. The summed E-state index contributed by atoms with van der Waals surface area (Å²) in [5.74, 6) is 0.923. The zero-order valence-electron chi connectivity index (χ0n) is 12.0. The van der Waals surface area contributed by atoms with E-state index >= 15 is 0 Å². The molecule has 0 aliphatic heterocycles. The molecule has 5 heteroatoms. The summed E-state index contributed by atoms with van der Waals surface area (Å²) in [6.07, 6.45) is 1.99. The van der Waals surface area contributed by atoms with Crippen LogP contribution >= 0.6 is 0 Å². The number of benzene rings is 1. The Morgan fingerprint density at radius 2 is 1.95 bits per heavy atom. The van der Waals surface area contributed by atoms with Gasteiger partial charge < -0.3 is 5.11 Å². The van der Waals surface area contributed by atoms with Crippen molar-refractivity contribution in [3.8, 4) is 0 Å². The molecule has 20 heavy (non-hydrogen) atoms. The van der Waals surface area contributed by atoms with Crippen LogP contribution in [0.1, 0.15) is 37.8 Å². The second-order valence-electron chi connectivity index (χ2n) is 5.88. The van der Waals surface area contributed by atoms with E-state index in [4.69, 9.17) is 5.11 Å². The van der Waals surface area contributed by atoms with E-state index in [1.165, 1.54) is 0 Å². The summed E-state index contributed by atoms with van der Waals surface area (Å²) in [5, 5.41) is 9.09. The minimum atomic E-state index is -3.33. The van der Waals surface area contributed by atoms with Crippen molar-refractivity contribution < 1.29 is 13.5 Å². The highest BCUT2D eigenvalue weighted by molar-refractivity contribution is 7.88. The molecule has 0 heterocycles. The number of rotatable bonds is 5. The summed E-state index contributed by atoms with van der Waals surface area (Å²) in [4.78, 5) is 0. The van der Waals surface area contributed by atoms with Gasteiger partial charge in [-0.3, -0.25) is 0 Å². The van der Waals surface area contributed by atoms with Gasteiger partial charge in [0.25, 0.3) is 0 Å². The van der Waals surface area contributed by atoms with Gasteiger partial charge in [0.15, 0.2) is 0 Å². The molecule has 0 aromatic heterocycles. The van der Waals surface area contributed by atoms with E-state index < -0.39 is 10.0 Å². The van der Waals surface area contributed by atoms with Crippen LogP contribution in [0.2, 0.25) is 0 Å². The maximum Gasteiger partial charge on any atom is 0.216 e. The Kier molecular flexibility index (Phi) is 4.83. The van der Waals surface area contributed by atoms with Crippen LogP contribution in [-0.4, -0.2) is 19.6 Å². The van der Waals surface area contributed by atoms with Gasteiger partial charge >= 0.3 is 0 Å². The second kappa shape index (κ2) is 6.24. The first kappa shape index (κ1) is 15.5. The van der Waals surface area contributed by atoms with Gasteiger partial charge in [-0.1, -0.05) is 38.1 Å². The summed E-state index contributed by atoms with van der Waals surface area (Å²) in [5.41, 5.74) is 1.45. The molecule has 1 saturated carbocycles. The van der Waals surface area contributed by atoms with Crippen LogP contribution in [0.25, 0.3) is 0 Å². The number of hydrogen-bond donors (Lipinski definition) is 2. The van der Waals surface area contributed by atoms with Gasteiger partial charge in [0.1, 0.15) is 0 Å². The van der Waals surface area contributed by atoms with Crippen molar-refractivity contribution >= 4 is 10.0 Å². The molecule has 3 unspecified atom stereocenters. The third-order valence-electron chi connectivity index (χ3n) is 4.33. The van der Waals surface area contributed by atoms with Gasteiger partial charge in [0.05, 0.1) is 12.4 Å². The Labute approximate surface area is 121 Å². The van der Waals surface area contributed by atoms with E-state index in [9.17, 15) is 8.42 Å². The number of hydrogen-bond acceptors (Lipinski definition) is 3. The molecular formula is C15H23NO3S. The molecule has 0 saturated heterocycles. The molecular weight excluding hydrogens is 274 g/mol. The van der Waals surface area contributed by atoms with Gasteiger partial charge in [-0.15, -0.1) is 0 Å². The van der Waals surface area contributed by atoms with Crippen molar-refractivity contribution in [2.45, 2.75) is 45.1 Å². The van der Waals surface area contributed by atoms with Crippen molar-refractivity contribution in [2.24, 2.45) is 11.8 Å². The van der Waals surface area contributed by atoms with Crippen molar-refractivity contribution in [3.05, 3.63) is 35.4 Å². The first-order chi connectivity index (χ1) is 9.41. The highest BCUT2D eigenvalue weighted by Gasteiger charge is 2.32. The lowest BCUT2D eigenvalue weighted by atomic mass is 9.98. The molecule has 0 bridgehead atoms. The molecule has 2 N–H and O–H groups in total. The minimum Gasteiger partial charge on any atom is -0.392 e. The predicted octanol–water partition coefficient (Wildman–Crippen LogP) is 2.03. The monoisotopic (exact) mass is 297 g/mol. The lowest BCUT2D eigenvalue weighted by Crippen LogP contribution is -2.38. The smallest absolute Gasteiger partial charge is 0.216 e. The third-order valence-corrected chi connectivity index (χ3v) is 5.70. The molecule has 1 fully saturated rings. The standard InChI is InChI=1S/C15H23NO3S/c1-11-6-7-15(12(11)2)16-20(18,19)10-14-5-3-4-13(8-14)9-17/h3-5,8,11-12,15-17H,6-7,9-10H2,1-2H3. The summed E-state index contributed by atoms with van der Waals surface area (Å²) in [7, 11) is -3.33. The van der Waals surface area contributed by atoms with Crippen molar-refractivity contribution in [1.29, 1.82) is 0 Å². The Morgan fingerprint density at radius 3 is 2.55 bits per heavy atom. The molecule has 0 spiro atoms. The summed E-state index contributed by atoms with van der Waals surface area (Å²) in [6, 6.07) is 7.12. The zero-order valence-corrected chi connectivity index (χ0v) is 12.9. The lowest BCUT2D eigenvalue weighted by molar-refractivity contribution is 0.282. The van der Waals surface area contributed by atoms with Crippen LogP contribution in [0, 0.1) is 11.8 Å². The van der Waals surface area contributed by atoms with Crippen LogP contribution in [0.15, 0.2) is 24.3 Å². The van der Waals surface area contributed by atoms with Crippen molar-refractivity contribution in [1.82, 2.24) is 4.72 Å². The SMILES string of the molecule is CC1CCC(NS(=O)(=O)Cc2cccc(CO)c2)C1C. The van der Waals surface area contributed by atoms with Crippen LogP contribution < -0.4 is 4.72 Å². The second-order valence-corrected chi connectivity index (χ2v) is 7.63. The highest BCUT2D eigenvalue weighted by atomic mass is 32.2. The topological polar surface area (TPSA) is 66.4 Å². The maximum atomic E-state index is 12.2. The van der Waals surface area contributed by atoms with Crippen molar-refractivity contribution in [2.75, 3.05) is 0 Å². The molecule has 4 nitrogen and oxygen atoms in total. The molecule has 2 rings (SSSR count). The van der Waals surface area contributed by atoms with Crippen LogP contribution in [-0.2, 0) is 22.4 Å². The van der Waals surface area contributed by atoms with E-state index in [0.717, 1.165) is 18.4 Å². The number of sulfonamides is 1. The fraction of sp³-hybridized carbons (Fsp3) is 0.600. The summed E-state index contributed by atoms with van der Waals surface area (Å²) >= 11 is 0. The molecule has 0 radical (unpaired) electrons. The zero-order chi connectivity index (χ0) is 14.8. The highest BCUT2D eigenvalue weighted by Crippen LogP contribution is 2.31.